The number of aromatic nitrogens is 2. The van der Waals surface area contributed by atoms with Crippen LogP contribution < -0.4 is 0 Å². The van der Waals surface area contributed by atoms with Crippen molar-refractivity contribution < 1.29 is 5.11 Å². The molecule has 0 bridgehead atoms. The second-order valence-electron chi connectivity index (χ2n) is 4.73. The highest BCUT2D eigenvalue weighted by atomic mass is 16.3. The zero-order chi connectivity index (χ0) is 13.1. The lowest BCUT2D eigenvalue weighted by Crippen LogP contribution is -2.06. The fraction of sp³-hybridized carbons (Fsp3) is 0.400. The standard InChI is InChI=1S/C15H20N2O/c1-4-13-9-14(17(3)16-13)10-15(18)12-7-5-11(2)6-8-12/h5-9,15,18H,4,10H2,1-3H3. The van der Waals surface area contributed by atoms with Crippen molar-refractivity contribution in [1.82, 2.24) is 9.78 Å². The lowest BCUT2D eigenvalue weighted by molar-refractivity contribution is 0.176. The number of benzene rings is 1. The lowest BCUT2D eigenvalue weighted by atomic mass is 10.0. The Hall–Kier alpha value is -1.61. The van der Waals surface area contributed by atoms with E-state index >= 15 is 0 Å². The fourth-order valence-corrected chi connectivity index (χ4v) is 2.04. The first-order valence-electron chi connectivity index (χ1n) is 6.36. The van der Waals surface area contributed by atoms with E-state index in [4.69, 9.17) is 0 Å². The molecule has 0 aliphatic heterocycles. The van der Waals surface area contributed by atoms with Gasteiger partial charge in [0, 0.05) is 19.2 Å². The molecule has 0 saturated heterocycles. The third-order valence-electron chi connectivity index (χ3n) is 3.25. The zero-order valence-corrected chi connectivity index (χ0v) is 11.2. The molecule has 96 valence electrons. The Morgan fingerprint density at radius 3 is 2.50 bits per heavy atom. The van der Waals surface area contributed by atoms with Crippen LogP contribution in [0, 0.1) is 6.92 Å². The Balaban J connectivity index is 2.13. The average Bonchev–Trinajstić information content (AvgIpc) is 2.71. The highest BCUT2D eigenvalue weighted by Gasteiger charge is 2.12. The maximum absolute atomic E-state index is 10.2. The Bertz CT molecular complexity index is 514. The van der Waals surface area contributed by atoms with Gasteiger partial charge in [-0.15, -0.1) is 0 Å². The molecule has 1 unspecified atom stereocenters. The monoisotopic (exact) mass is 244 g/mol. The molecule has 2 rings (SSSR count). The molecular weight excluding hydrogens is 224 g/mol. The van der Waals surface area contributed by atoms with E-state index in [0.717, 1.165) is 23.4 Å². The van der Waals surface area contributed by atoms with E-state index < -0.39 is 6.10 Å². The molecule has 0 aliphatic rings. The van der Waals surface area contributed by atoms with E-state index in [2.05, 4.69) is 18.1 Å². The molecule has 0 spiro atoms. The lowest BCUT2D eigenvalue weighted by Gasteiger charge is -2.11. The van der Waals surface area contributed by atoms with Crippen LogP contribution in [0.3, 0.4) is 0 Å². The minimum Gasteiger partial charge on any atom is -0.388 e. The molecule has 0 radical (unpaired) electrons. The first-order valence-corrected chi connectivity index (χ1v) is 6.36. The third kappa shape index (κ3) is 2.79. The summed E-state index contributed by atoms with van der Waals surface area (Å²) in [5, 5.41) is 14.6. The van der Waals surface area contributed by atoms with Gasteiger partial charge in [0.1, 0.15) is 0 Å². The summed E-state index contributed by atoms with van der Waals surface area (Å²) in [4.78, 5) is 0. The van der Waals surface area contributed by atoms with Gasteiger partial charge in [0.15, 0.2) is 0 Å². The topological polar surface area (TPSA) is 38.0 Å². The van der Waals surface area contributed by atoms with E-state index in [1.165, 1.54) is 5.56 Å². The summed E-state index contributed by atoms with van der Waals surface area (Å²) < 4.78 is 1.86. The van der Waals surface area contributed by atoms with Crippen LogP contribution in [-0.2, 0) is 19.9 Å². The summed E-state index contributed by atoms with van der Waals surface area (Å²) in [6.45, 7) is 4.13. The number of rotatable bonds is 4. The molecule has 1 atom stereocenters. The summed E-state index contributed by atoms with van der Waals surface area (Å²) in [6, 6.07) is 10.1. The van der Waals surface area contributed by atoms with Crippen LogP contribution in [0.15, 0.2) is 30.3 Å². The first kappa shape index (κ1) is 12.8. The Morgan fingerprint density at radius 1 is 1.28 bits per heavy atom. The van der Waals surface area contributed by atoms with E-state index in [9.17, 15) is 5.11 Å². The van der Waals surface area contributed by atoms with Gasteiger partial charge in [-0.3, -0.25) is 4.68 Å². The van der Waals surface area contributed by atoms with Crippen molar-refractivity contribution in [1.29, 1.82) is 0 Å². The van der Waals surface area contributed by atoms with Gasteiger partial charge < -0.3 is 5.11 Å². The molecule has 0 amide bonds. The molecule has 1 heterocycles. The van der Waals surface area contributed by atoms with Crippen molar-refractivity contribution in [3.63, 3.8) is 0 Å². The summed E-state index contributed by atoms with van der Waals surface area (Å²) in [7, 11) is 1.93. The molecule has 1 N–H and O–H groups in total. The fourth-order valence-electron chi connectivity index (χ4n) is 2.04. The molecule has 2 aromatic rings. The number of hydrogen-bond acceptors (Lipinski definition) is 2. The number of aliphatic hydroxyl groups is 1. The molecule has 3 heteroatoms. The van der Waals surface area contributed by atoms with Gasteiger partial charge in [-0.25, -0.2) is 0 Å². The van der Waals surface area contributed by atoms with E-state index in [1.807, 2.05) is 42.9 Å². The normalized spacial score (nSPS) is 12.7. The average molecular weight is 244 g/mol. The van der Waals surface area contributed by atoms with Gasteiger partial charge >= 0.3 is 0 Å². The summed E-state index contributed by atoms with van der Waals surface area (Å²) in [5.74, 6) is 0. The van der Waals surface area contributed by atoms with Gasteiger partial charge in [0.05, 0.1) is 11.8 Å². The molecule has 3 nitrogen and oxygen atoms in total. The van der Waals surface area contributed by atoms with Crippen molar-refractivity contribution in [2.24, 2.45) is 7.05 Å². The smallest absolute Gasteiger partial charge is 0.0845 e. The summed E-state index contributed by atoms with van der Waals surface area (Å²) in [5.41, 5.74) is 4.31. The molecule has 0 saturated carbocycles. The van der Waals surface area contributed by atoms with Crippen LogP contribution in [0.5, 0.6) is 0 Å². The highest BCUT2D eigenvalue weighted by molar-refractivity contribution is 5.24. The van der Waals surface area contributed by atoms with Crippen molar-refractivity contribution in [2.75, 3.05) is 0 Å². The second kappa shape index (κ2) is 5.36. The van der Waals surface area contributed by atoms with Gasteiger partial charge in [0.2, 0.25) is 0 Å². The van der Waals surface area contributed by atoms with Gasteiger partial charge in [-0.2, -0.15) is 5.10 Å². The first-order chi connectivity index (χ1) is 8.60. The Labute approximate surface area is 108 Å². The van der Waals surface area contributed by atoms with Gasteiger partial charge in [-0.05, 0) is 25.0 Å². The number of aliphatic hydroxyl groups excluding tert-OH is 1. The second-order valence-corrected chi connectivity index (χ2v) is 4.73. The van der Waals surface area contributed by atoms with Crippen LogP contribution in [0.1, 0.15) is 35.5 Å². The predicted octanol–water partition coefficient (Wildman–Crippen LogP) is 2.57. The SMILES string of the molecule is CCc1cc(CC(O)c2ccc(C)cc2)n(C)n1. The summed E-state index contributed by atoms with van der Waals surface area (Å²) >= 11 is 0. The van der Waals surface area contributed by atoms with E-state index in [0.29, 0.717) is 6.42 Å². The molecule has 0 aliphatic carbocycles. The van der Waals surface area contributed by atoms with E-state index in [1.54, 1.807) is 0 Å². The predicted molar refractivity (Wildman–Crippen MR) is 72.4 cm³/mol. The molecule has 18 heavy (non-hydrogen) atoms. The van der Waals surface area contributed by atoms with E-state index in [-0.39, 0.29) is 0 Å². The number of aryl methyl sites for hydroxylation is 3. The molecule has 1 aromatic carbocycles. The van der Waals surface area contributed by atoms with Crippen LogP contribution in [-0.4, -0.2) is 14.9 Å². The quantitative estimate of drug-likeness (QED) is 0.897. The highest BCUT2D eigenvalue weighted by Crippen LogP contribution is 2.19. The Morgan fingerprint density at radius 2 is 1.94 bits per heavy atom. The van der Waals surface area contributed by atoms with Crippen LogP contribution in [0.2, 0.25) is 0 Å². The molecule has 0 fully saturated rings. The Kier molecular flexibility index (Phi) is 3.82. The minimum atomic E-state index is -0.467. The molecular formula is C15H20N2O. The largest absolute Gasteiger partial charge is 0.388 e. The number of nitrogens with zero attached hydrogens (tertiary/aromatic N) is 2. The third-order valence-corrected chi connectivity index (χ3v) is 3.25. The van der Waals surface area contributed by atoms with Crippen molar-refractivity contribution in [3.05, 3.63) is 52.8 Å². The van der Waals surface area contributed by atoms with Crippen LogP contribution in [0.4, 0.5) is 0 Å². The van der Waals surface area contributed by atoms with Crippen molar-refractivity contribution in [2.45, 2.75) is 32.8 Å². The maximum Gasteiger partial charge on any atom is 0.0845 e. The van der Waals surface area contributed by atoms with Crippen LogP contribution >= 0.6 is 0 Å². The molecule has 1 aromatic heterocycles. The summed E-state index contributed by atoms with van der Waals surface area (Å²) in [6.07, 6.45) is 1.06. The van der Waals surface area contributed by atoms with Gasteiger partial charge in [-0.1, -0.05) is 36.8 Å². The van der Waals surface area contributed by atoms with Crippen LogP contribution in [0.25, 0.3) is 0 Å². The minimum absolute atomic E-state index is 0.467. The van der Waals surface area contributed by atoms with Crippen molar-refractivity contribution in [3.8, 4) is 0 Å². The van der Waals surface area contributed by atoms with Gasteiger partial charge in [0.25, 0.3) is 0 Å². The zero-order valence-electron chi connectivity index (χ0n) is 11.2. The van der Waals surface area contributed by atoms with Crippen molar-refractivity contribution >= 4 is 0 Å². The maximum atomic E-state index is 10.2. The number of hydrogen-bond donors (Lipinski definition) is 1.